The lowest BCUT2D eigenvalue weighted by Crippen LogP contribution is -2.46. The lowest BCUT2D eigenvalue weighted by Gasteiger charge is -2.35. The predicted octanol–water partition coefficient (Wildman–Crippen LogP) is 2.54. The number of carbonyl (C=O) groups excluding carboxylic acids is 1. The molecule has 2 heterocycles. The molecule has 1 atom stereocenters. The highest BCUT2D eigenvalue weighted by Crippen LogP contribution is 2.50. The molecule has 0 saturated carbocycles. The van der Waals surface area contributed by atoms with Crippen LogP contribution in [0.3, 0.4) is 0 Å². The van der Waals surface area contributed by atoms with Crippen LogP contribution in [0, 0.1) is 0 Å². The number of rotatable bonds is 1. The summed E-state index contributed by atoms with van der Waals surface area (Å²) >= 11 is 0. The number of carbonyl (C=O) groups is 1. The quantitative estimate of drug-likeness (QED) is 0.874. The highest BCUT2D eigenvalue weighted by molar-refractivity contribution is 6.04. The van der Waals surface area contributed by atoms with Crippen LogP contribution in [0.25, 0.3) is 5.57 Å². The van der Waals surface area contributed by atoms with Gasteiger partial charge in [-0.25, -0.2) is 0 Å². The van der Waals surface area contributed by atoms with Crippen LogP contribution < -0.4 is 5.32 Å². The molecular weight excluding hydrogens is 272 g/mol. The molecule has 2 aliphatic heterocycles. The number of benzene rings is 2. The molecule has 1 saturated heterocycles. The maximum Gasteiger partial charge on any atom is 0.256 e. The van der Waals surface area contributed by atoms with Crippen molar-refractivity contribution in [3.63, 3.8) is 0 Å². The fourth-order valence-corrected chi connectivity index (χ4v) is 4.25. The van der Waals surface area contributed by atoms with Crippen molar-refractivity contribution in [1.82, 2.24) is 10.2 Å². The summed E-state index contributed by atoms with van der Waals surface area (Å²) in [5, 5.41) is 3.64. The van der Waals surface area contributed by atoms with E-state index in [0.717, 1.165) is 30.6 Å². The van der Waals surface area contributed by atoms with Crippen LogP contribution in [0.1, 0.15) is 27.0 Å². The second-order valence-corrected chi connectivity index (χ2v) is 6.12. The van der Waals surface area contributed by atoms with Crippen LogP contribution >= 0.6 is 0 Å². The Kier molecular flexibility index (Phi) is 2.26. The first-order valence-electron chi connectivity index (χ1n) is 7.78. The lowest BCUT2D eigenvalue weighted by atomic mass is 9.88. The van der Waals surface area contributed by atoms with Gasteiger partial charge in [-0.15, -0.1) is 0 Å². The number of hydrogen-bond acceptors (Lipinski definition) is 2. The number of fused-ring (bicyclic) bond motifs is 4. The van der Waals surface area contributed by atoms with Crippen LogP contribution in [0.2, 0.25) is 0 Å². The van der Waals surface area contributed by atoms with Crippen LogP contribution in [0.15, 0.2) is 54.6 Å². The van der Waals surface area contributed by atoms with Crippen molar-refractivity contribution in [1.29, 1.82) is 0 Å². The summed E-state index contributed by atoms with van der Waals surface area (Å²) in [5.41, 5.74) is 5.31. The Labute approximate surface area is 129 Å². The normalized spacial score (nSPS) is 25.0. The third-order valence-corrected chi connectivity index (χ3v) is 5.14. The summed E-state index contributed by atoms with van der Waals surface area (Å²) in [6.45, 7) is 1.59. The van der Waals surface area contributed by atoms with E-state index in [1.807, 2.05) is 23.1 Å². The molecule has 1 fully saturated rings. The third kappa shape index (κ3) is 1.28. The molecule has 0 bridgehead atoms. The van der Waals surface area contributed by atoms with Gasteiger partial charge in [-0.3, -0.25) is 10.1 Å². The van der Waals surface area contributed by atoms with Crippen molar-refractivity contribution in [2.24, 2.45) is 0 Å². The van der Waals surface area contributed by atoms with E-state index in [2.05, 4.69) is 41.7 Å². The minimum absolute atomic E-state index is 0.144. The van der Waals surface area contributed by atoms with Gasteiger partial charge in [-0.2, -0.15) is 0 Å². The second kappa shape index (κ2) is 4.08. The van der Waals surface area contributed by atoms with E-state index < -0.39 is 5.66 Å². The van der Waals surface area contributed by atoms with E-state index >= 15 is 0 Å². The van der Waals surface area contributed by atoms with Gasteiger partial charge in [0.2, 0.25) is 0 Å². The van der Waals surface area contributed by atoms with Crippen molar-refractivity contribution in [2.45, 2.75) is 12.1 Å². The molecule has 0 aromatic heterocycles. The maximum absolute atomic E-state index is 12.8. The van der Waals surface area contributed by atoms with Crippen molar-refractivity contribution in [3.05, 3.63) is 76.9 Å². The molecule has 1 unspecified atom stereocenters. The van der Waals surface area contributed by atoms with Crippen molar-refractivity contribution >= 4 is 11.5 Å². The van der Waals surface area contributed by atoms with Crippen LogP contribution in [0.4, 0.5) is 0 Å². The Balaban J connectivity index is 1.78. The van der Waals surface area contributed by atoms with E-state index in [0.29, 0.717) is 0 Å². The number of nitrogens with zero attached hydrogens (tertiary/aromatic N) is 1. The first-order valence-corrected chi connectivity index (χ1v) is 7.78. The molecule has 22 heavy (non-hydrogen) atoms. The van der Waals surface area contributed by atoms with Gasteiger partial charge < -0.3 is 4.90 Å². The molecule has 0 spiro atoms. The number of allylic oxidation sites excluding steroid dienone is 1. The van der Waals surface area contributed by atoms with Crippen LogP contribution in [-0.2, 0) is 12.1 Å². The van der Waals surface area contributed by atoms with Gasteiger partial charge in [-0.05, 0) is 23.6 Å². The fourth-order valence-electron chi connectivity index (χ4n) is 4.25. The van der Waals surface area contributed by atoms with Crippen molar-refractivity contribution < 1.29 is 4.79 Å². The summed E-state index contributed by atoms with van der Waals surface area (Å²) in [5.74, 6) is 0.144. The summed E-state index contributed by atoms with van der Waals surface area (Å²) in [7, 11) is 0. The molecule has 3 heteroatoms. The van der Waals surface area contributed by atoms with Gasteiger partial charge in [-0.1, -0.05) is 48.5 Å². The lowest BCUT2D eigenvalue weighted by molar-refractivity contribution is 0.0715. The summed E-state index contributed by atoms with van der Waals surface area (Å²) in [6, 6.07) is 16.5. The summed E-state index contributed by atoms with van der Waals surface area (Å²) in [6.07, 6.45) is 3.23. The Morgan fingerprint density at radius 1 is 1.00 bits per heavy atom. The van der Waals surface area contributed by atoms with E-state index in [9.17, 15) is 4.79 Å². The average molecular weight is 288 g/mol. The number of amides is 1. The predicted molar refractivity (Wildman–Crippen MR) is 85.3 cm³/mol. The molecule has 3 nitrogen and oxygen atoms in total. The molecular formula is C19H16N2O. The minimum Gasteiger partial charge on any atom is -0.311 e. The zero-order valence-corrected chi connectivity index (χ0v) is 12.2. The highest BCUT2D eigenvalue weighted by Gasteiger charge is 2.55. The van der Waals surface area contributed by atoms with E-state index in [4.69, 9.17) is 0 Å². The second-order valence-electron chi connectivity index (χ2n) is 6.12. The minimum atomic E-state index is -0.472. The van der Waals surface area contributed by atoms with Gasteiger partial charge in [0, 0.05) is 29.8 Å². The smallest absolute Gasteiger partial charge is 0.256 e. The summed E-state index contributed by atoms with van der Waals surface area (Å²) in [4.78, 5) is 14.8. The third-order valence-electron chi connectivity index (χ3n) is 5.14. The Morgan fingerprint density at radius 2 is 1.77 bits per heavy atom. The fraction of sp³-hybridized carbons (Fsp3) is 0.211. The Morgan fingerprint density at radius 3 is 2.68 bits per heavy atom. The molecule has 1 aliphatic carbocycles. The first kappa shape index (κ1) is 12.2. The molecule has 3 aliphatic rings. The summed E-state index contributed by atoms with van der Waals surface area (Å²) < 4.78 is 0. The maximum atomic E-state index is 12.8. The van der Waals surface area contributed by atoms with Gasteiger partial charge in [0.05, 0.1) is 0 Å². The molecule has 108 valence electrons. The van der Waals surface area contributed by atoms with Crippen molar-refractivity contribution in [2.75, 3.05) is 13.1 Å². The molecule has 2 aromatic rings. The average Bonchev–Trinajstić information content (AvgIpc) is 3.23. The van der Waals surface area contributed by atoms with Crippen LogP contribution in [-0.4, -0.2) is 23.9 Å². The molecule has 2 aromatic carbocycles. The largest absolute Gasteiger partial charge is 0.311 e. The Hall–Kier alpha value is -2.39. The zero-order chi connectivity index (χ0) is 14.7. The van der Waals surface area contributed by atoms with Gasteiger partial charge in [0.15, 0.2) is 0 Å². The molecule has 1 amide bonds. The van der Waals surface area contributed by atoms with E-state index in [1.165, 1.54) is 16.7 Å². The number of nitrogens with one attached hydrogen (secondary N) is 1. The Bertz CT molecular complexity index is 839. The van der Waals surface area contributed by atoms with E-state index in [-0.39, 0.29) is 5.91 Å². The standard InChI is InChI=1S/C19H16N2O/c22-18-15-7-3-4-8-16(15)19(20-11-12-21(18)19)17-10-9-13-5-1-2-6-14(13)17/h1-8,10,20H,9,11-12H2. The van der Waals surface area contributed by atoms with Crippen LogP contribution in [0.5, 0.6) is 0 Å². The molecule has 0 radical (unpaired) electrons. The van der Waals surface area contributed by atoms with Gasteiger partial charge in [0.1, 0.15) is 5.66 Å². The van der Waals surface area contributed by atoms with Crippen molar-refractivity contribution in [3.8, 4) is 0 Å². The highest BCUT2D eigenvalue weighted by atomic mass is 16.2. The monoisotopic (exact) mass is 288 g/mol. The first-order chi connectivity index (χ1) is 10.8. The number of hydrogen-bond donors (Lipinski definition) is 1. The molecule has 5 rings (SSSR count). The van der Waals surface area contributed by atoms with E-state index in [1.54, 1.807) is 0 Å². The SMILES string of the molecule is O=C1c2ccccc2C2(C3=CCc4ccccc43)NCCN12. The zero-order valence-electron chi connectivity index (χ0n) is 12.2. The topological polar surface area (TPSA) is 32.3 Å². The van der Waals surface area contributed by atoms with Gasteiger partial charge in [0.25, 0.3) is 5.91 Å². The van der Waals surface area contributed by atoms with Gasteiger partial charge >= 0.3 is 0 Å². The molecule has 1 N–H and O–H groups in total.